The van der Waals surface area contributed by atoms with E-state index in [2.05, 4.69) is 15.0 Å². The fraction of sp³-hybridized carbons (Fsp3) is 0.556. The minimum Gasteiger partial charge on any atom is -0.299 e. The van der Waals surface area contributed by atoms with E-state index in [-0.39, 0.29) is 10.6 Å². The van der Waals surface area contributed by atoms with E-state index >= 15 is 0 Å². The van der Waals surface area contributed by atoms with Crippen LogP contribution in [-0.2, 0) is 13.1 Å². The third kappa shape index (κ3) is 4.22. The van der Waals surface area contributed by atoms with Crippen LogP contribution in [0.1, 0.15) is 35.6 Å². The molecule has 3 rings (SSSR count). The lowest BCUT2D eigenvalue weighted by Crippen LogP contribution is -2.36. The highest BCUT2D eigenvalue weighted by atomic mass is 16.6. The monoisotopic (exact) mass is 343 g/mol. The maximum Gasteiger partial charge on any atom is 0.272 e. The van der Waals surface area contributed by atoms with Gasteiger partial charge in [-0.25, -0.2) is 9.67 Å². The van der Waals surface area contributed by atoms with Gasteiger partial charge in [0, 0.05) is 31.3 Å². The molecule has 0 N–H and O–H groups in total. The number of piperidine rings is 1. The molecule has 7 nitrogen and oxygen atoms in total. The van der Waals surface area contributed by atoms with E-state index in [0.717, 1.165) is 49.8 Å². The highest BCUT2D eigenvalue weighted by Crippen LogP contribution is 2.23. The molecular formula is C18H25N5O2. The molecule has 2 aromatic rings. The predicted molar refractivity (Wildman–Crippen MR) is 95.3 cm³/mol. The van der Waals surface area contributed by atoms with Crippen molar-refractivity contribution in [3.05, 3.63) is 51.1 Å². The lowest BCUT2D eigenvalue weighted by atomic mass is 9.97. The first-order valence-corrected chi connectivity index (χ1v) is 8.76. The molecule has 0 aliphatic carbocycles. The van der Waals surface area contributed by atoms with Gasteiger partial charge in [0.2, 0.25) is 0 Å². The number of aryl methyl sites for hydroxylation is 3. The van der Waals surface area contributed by atoms with E-state index in [1.165, 1.54) is 6.42 Å². The summed E-state index contributed by atoms with van der Waals surface area (Å²) in [5, 5.41) is 15.6. The van der Waals surface area contributed by atoms with Crippen LogP contribution in [0.25, 0.3) is 0 Å². The Kier molecular flexibility index (Phi) is 5.13. The van der Waals surface area contributed by atoms with Crippen LogP contribution in [0.2, 0.25) is 0 Å². The Labute approximate surface area is 147 Å². The molecule has 1 fully saturated rings. The normalized spacial score (nSPS) is 18.4. The van der Waals surface area contributed by atoms with Crippen LogP contribution in [0, 0.1) is 36.8 Å². The van der Waals surface area contributed by atoms with Crippen LogP contribution in [0.4, 0.5) is 5.69 Å². The molecule has 7 heteroatoms. The Morgan fingerprint density at radius 2 is 2.12 bits per heavy atom. The van der Waals surface area contributed by atoms with Crippen molar-refractivity contribution in [1.82, 2.24) is 19.7 Å². The van der Waals surface area contributed by atoms with Crippen LogP contribution in [0.15, 0.2) is 18.2 Å². The number of nitro groups is 1. The molecule has 0 spiro atoms. The Morgan fingerprint density at radius 1 is 1.32 bits per heavy atom. The number of nitro benzene ring substituents is 1. The topological polar surface area (TPSA) is 77.1 Å². The molecule has 0 unspecified atom stereocenters. The Bertz CT molecular complexity index is 771. The number of aromatic nitrogens is 3. The lowest BCUT2D eigenvalue weighted by molar-refractivity contribution is -0.385. The van der Waals surface area contributed by atoms with Crippen LogP contribution in [0.3, 0.4) is 0 Å². The zero-order chi connectivity index (χ0) is 18.0. The summed E-state index contributed by atoms with van der Waals surface area (Å²) in [7, 11) is 0. The molecular weight excluding hydrogens is 318 g/mol. The lowest BCUT2D eigenvalue weighted by Gasteiger charge is -2.32. The van der Waals surface area contributed by atoms with E-state index < -0.39 is 0 Å². The summed E-state index contributed by atoms with van der Waals surface area (Å²) >= 11 is 0. The standard InChI is InChI=1S/C18H25N5O2/c1-13-6-7-16(9-18(13)23(24)25)10-21-8-4-5-17(11-21)12-22-15(3)19-14(2)20-22/h6-7,9,17H,4-5,8,10-12H2,1-3H3/t17-/m1/s1. The summed E-state index contributed by atoms with van der Waals surface area (Å²) in [6.45, 7) is 9.35. The zero-order valence-electron chi connectivity index (χ0n) is 15.1. The SMILES string of the molecule is Cc1nc(C)n(C[C@@H]2CCCN(Cc3ccc(C)c([N+](=O)[O-])c3)C2)n1. The molecule has 1 saturated heterocycles. The molecule has 1 atom stereocenters. The van der Waals surface area contributed by atoms with Crippen molar-refractivity contribution in [3.8, 4) is 0 Å². The summed E-state index contributed by atoms with van der Waals surface area (Å²) < 4.78 is 2.00. The van der Waals surface area contributed by atoms with Crippen molar-refractivity contribution in [2.75, 3.05) is 13.1 Å². The summed E-state index contributed by atoms with van der Waals surface area (Å²) in [5.74, 6) is 2.31. The number of rotatable bonds is 5. The first-order valence-electron chi connectivity index (χ1n) is 8.76. The summed E-state index contributed by atoms with van der Waals surface area (Å²) in [4.78, 5) is 17.6. The van der Waals surface area contributed by atoms with E-state index in [1.807, 2.05) is 30.7 Å². The molecule has 2 heterocycles. The quantitative estimate of drug-likeness (QED) is 0.616. The molecule has 1 aromatic heterocycles. The number of benzene rings is 1. The maximum atomic E-state index is 11.1. The first-order chi connectivity index (χ1) is 11.9. The van der Waals surface area contributed by atoms with Gasteiger partial charge >= 0.3 is 0 Å². The molecule has 1 aromatic carbocycles. The second-order valence-corrected chi connectivity index (χ2v) is 7.01. The van der Waals surface area contributed by atoms with E-state index in [9.17, 15) is 10.1 Å². The Morgan fingerprint density at radius 3 is 2.80 bits per heavy atom. The van der Waals surface area contributed by atoms with Gasteiger partial charge in [0.1, 0.15) is 11.6 Å². The highest BCUT2D eigenvalue weighted by molar-refractivity contribution is 5.42. The van der Waals surface area contributed by atoms with Crippen LogP contribution >= 0.6 is 0 Å². The summed E-state index contributed by atoms with van der Waals surface area (Å²) in [5.41, 5.74) is 1.92. The molecule has 25 heavy (non-hydrogen) atoms. The predicted octanol–water partition coefficient (Wildman–Crippen LogP) is 3.02. The minimum atomic E-state index is -0.298. The number of likely N-dealkylation sites (tertiary alicyclic amines) is 1. The number of hydrogen-bond acceptors (Lipinski definition) is 5. The van der Waals surface area contributed by atoms with E-state index in [0.29, 0.717) is 11.5 Å². The van der Waals surface area contributed by atoms with Crippen molar-refractivity contribution in [3.63, 3.8) is 0 Å². The number of nitrogens with zero attached hydrogens (tertiary/aromatic N) is 5. The minimum absolute atomic E-state index is 0.208. The van der Waals surface area contributed by atoms with Crippen LogP contribution in [0.5, 0.6) is 0 Å². The second kappa shape index (κ2) is 7.31. The van der Waals surface area contributed by atoms with E-state index in [1.54, 1.807) is 13.0 Å². The Hall–Kier alpha value is -2.28. The molecule has 0 bridgehead atoms. The van der Waals surface area contributed by atoms with Gasteiger partial charge in [0.05, 0.1) is 4.92 Å². The van der Waals surface area contributed by atoms with Crippen molar-refractivity contribution in [1.29, 1.82) is 0 Å². The zero-order valence-corrected chi connectivity index (χ0v) is 15.1. The van der Waals surface area contributed by atoms with Gasteiger partial charge in [-0.15, -0.1) is 0 Å². The highest BCUT2D eigenvalue weighted by Gasteiger charge is 2.22. The average molecular weight is 343 g/mol. The maximum absolute atomic E-state index is 11.1. The van der Waals surface area contributed by atoms with Gasteiger partial charge in [-0.2, -0.15) is 5.10 Å². The molecule has 1 aliphatic heterocycles. The summed E-state index contributed by atoms with van der Waals surface area (Å²) in [6, 6.07) is 5.55. The van der Waals surface area contributed by atoms with Crippen molar-refractivity contribution < 1.29 is 4.92 Å². The van der Waals surface area contributed by atoms with Crippen molar-refractivity contribution in [2.45, 2.75) is 46.7 Å². The molecule has 0 radical (unpaired) electrons. The third-order valence-electron chi connectivity index (χ3n) is 4.87. The second-order valence-electron chi connectivity index (χ2n) is 7.01. The van der Waals surface area contributed by atoms with Crippen LogP contribution < -0.4 is 0 Å². The van der Waals surface area contributed by atoms with Gasteiger partial charge in [-0.1, -0.05) is 12.1 Å². The Balaban J connectivity index is 1.65. The van der Waals surface area contributed by atoms with Gasteiger partial charge in [0.15, 0.2) is 0 Å². The average Bonchev–Trinajstić information content (AvgIpc) is 2.87. The van der Waals surface area contributed by atoms with Gasteiger partial charge in [-0.05, 0) is 51.6 Å². The molecule has 0 saturated carbocycles. The third-order valence-corrected chi connectivity index (χ3v) is 4.87. The molecule has 1 aliphatic rings. The smallest absolute Gasteiger partial charge is 0.272 e. The van der Waals surface area contributed by atoms with Crippen molar-refractivity contribution >= 4 is 5.69 Å². The van der Waals surface area contributed by atoms with Gasteiger partial charge in [0.25, 0.3) is 5.69 Å². The largest absolute Gasteiger partial charge is 0.299 e. The molecule has 134 valence electrons. The van der Waals surface area contributed by atoms with E-state index in [4.69, 9.17) is 0 Å². The first kappa shape index (κ1) is 17.5. The summed E-state index contributed by atoms with van der Waals surface area (Å²) in [6.07, 6.45) is 2.33. The number of hydrogen-bond donors (Lipinski definition) is 0. The van der Waals surface area contributed by atoms with Gasteiger partial charge in [-0.3, -0.25) is 15.0 Å². The van der Waals surface area contributed by atoms with Crippen LogP contribution in [-0.4, -0.2) is 37.7 Å². The van der Waals surface area contributed by atoms with Crippen molar-refractivity contribution in [2.24, 2.45) is 5.92 Å². The fourth-order valence-corrected chi connectivity index (χ4v) is 3.63. The molecule has 0 amide bonds. The van der Waals surface area contributed by atoms with Gasteiger partial charge < -0.3 is 0 Å². The fourth-order valence-electron chi connectivity index (χ4n) is 3.63.